The van der Waals surface area contributed by atoms with E-state index in [9.17, 15) is 4.39 Å². The molecule has 0 unspecified atom stereocenters. The molecule has 0 amide bonds. The zero-order valence-electron chi connectivity index (χ0n) is 15.1. The number of hydrogen-bond donors (Lipinski definition) is 1. The molecule has 0 aliphatic heterocycles. The van der Waals surface area contributed by atoms with Gasteiger partial charge in [-0.05, 0) is 43.5 Å². The molecular weight excluding hydrogens is 397 g/mol. The van der Waals surface area contributed by atoms with Crippen molar-refractivity contribution in [1.82, 2.24) is 5.32 Å². The molecule has 0 bridgehead atoms. The smallest absolute Gasteiger partial charge is 0.162 e. The van der Waals surface area contributed by atoms with E-state index in [4.69, 9.17) is 9.47 Å². The van der Waals surface area contributed by atoms with E-state index >= 15 is 0 Å². The maximum Gasteiger partial charge on any atom is 0.162 e. The van der Waals surface area contributed by atoms with Gasteiger partial charge < -0.3 is 14.8 Å². The maximum atomic E-state index is 13.8. The largest absolute Gasteiger partial charge is 0.490 e. The minimum atomic E-state index is -0.262. The van der Waals surface area contributed by atoms with Crippen molar-refractivity contribution < 1.29 is 13.9 Å². The zero-order chi connectivity index (χ0) is 18.4. The SMILES string of the molecule is CCOc1cc(CNC2CCCC2)c(Br)cc1OCc1ccccc1F. The third-order valence-corrected chi connectivity index (χ3v) is 5.43. The monoisotopic (exact) mass is 421 g/mol. The standard InChI is InChI=1S/C21H25BrFNO2/c1-2-25-20-11-16(13-24-17-8-4-5-9-17)18(22)12-21(20)26-14-15-7-3-6-10-19(15)23/h3,6-7,10-12,17,24H,2,4-5,8-9,13-14H2,1H3. The second-order valence-corrected chi connectivity index (χ2v) is 7.42. The lowest BCUT2D eigenvalue weighted by molar-refractivity contribution is 0.265. The van der Waals surface area contributed by atoms with E-state index in [1.54, 1.807) is 18.2 Å². The van der Waals surface area contributed by atoms with Crippen molar-refractivity contribution in [3.63, 3.8) is 0 Å². The molecule has 140 valence electrons. The van der Waals surface area contributed by atoms with Gasteiger partial charge in [-0.25, -0.2) is 4.39 Å². The molecule has 1 saturated carbocycles. The summed E-state index contributed by atoms with van der Waals surface area (Å²) in [6.07, 6.45) is 5.12. The van der Waals surface area contributed by atoms with Gasteiger partial charge in [0.15, 0.2) is 11.5 Å². The Kier molecular flexibility index (Phi) is 6.92. The van der Waals surface area contributed by atoms with Crippen LogP contribution in [0.1, 0.15) is 43.7 Å². The summed E-state index contributed by atoms with van der Waals surface area (Å²) in [6, 6.07) is 11.2. The highest BCUT2D eigenvalue weighted by Crippen LogP contribution is 2.35. The Balaban J connectivity index is 1.72. The summed E-state index contributed by atoms with van der Waals surface area (Å²) in [6.45, 7) is 3.45. The first-order valence-corrected chi connectivity index (χ1v) is 10.0. The van der Waals surface area contributed by atoms with Crippen LogP contribution >= 0.6 is 15.9 Å². The summed E-state index contributed by atoms with van der Waals surface area (Å²) in [5.74, 6) is 1.05. The second kappa shape index (κ2) is 9.38. The molecule has 1 N–H and O–H groups in total. The van der Waals surface area contributed by atoms with E-state index in [0.717, 1.165) is 16.6 Å². The van der Waals surface area contributed by atoms with Crippen molar-refractivity contribution in [1.29, 1.82) is 0 Å². The quantitative estimate of drug-likeness (QED) is 0.601. The summed E-state index contributed by atoms with van der Waals surface area (Å²) in [5, 5.41) is 3.62. The number of rotatable bonds is 8. The number of halogens is 2. The minimum absolute atomic E-state index is 0.166. The average molecular weight is 422 g/mol. The Morgan fingerprint density at radius 1 is 1.08 bits per heavy atom. The first kappa shape index (κ1) is 19.2. The maximum absolute atomic E-state index is 13.8. The van der Waals surface area contributed by atoms with Gasteiger partial charge in [-0.1, -0.05) is 47.0 Å². The molecular formula is C21H25BrFNO2. The van der Waals surface area contributed by atoms with Gasteiger partial charge in [-0.15, -0.1) is 0 Å². The van der Waals surface area contributed by atoms with Crippen molar-refractivity contribution in [2.75, 3.05) is 6.61 Å². The topological polar surface area (TPSA) is 30.5 Å². The Morgan fingerprint density at radius 3 is 2.54 bits per heavy atom. The van der Waals surface area contributed by atoms with Crippen LogP contribution in [0.15, 0.2) is 40.9 Å². The Bertz CT molecular complexity index is 732. The fourth-order valence-corrected chi connectivity index (χ4v) is 3.71. The Morgan fingerprint density at radius 2 is 1.81 bits per heavy atom. The van der Waals surface area contributed by atoms with Gasteiger partial charge in [0, 0.05) is 22.6 Å². The molecule has 0 atom stereocenters. The highest BCUT2D eigenvalue weighted by Gasteiger charge is 2.16. The molecule has 3 rings (SSSR count). The molecule has 2 aromatic carbocycles. The van der Waals surface area contributed by atoms with Crippen LogP contribution in [0.2, 0.25) is 0 Å². The van der Waals surface area contributed by atoms with Gasteiger partial charge in [0.1, 0.15) is 12.4 Å². The molecule has 26 heavy (non-hydrogen) atoms. The van der Waals surface area contributed by atoms with E-state index in [-0.39, 0.29) is 12.4 Å². The van der Waals surface area contributed by atoms with E-state index in [1.165, 1.54) is 31.7 Å². The summed E-state index contributed by atoms with van der Waals surface area (Å²) in [7, 11) is 0. The second-order valence-electron chi connectivity index (χ2n) is 6.57. The molecule has 1 aliphatic rings. The summed E-state index contributed by atoms with van der Waals surface area (Å²) in [4.78, 5) is 0. The van der Waals surface area contributed by atoms with E-state index < -0.39 is 0 Å². The first-order valence-electron chi connectivity index (χ1n) is 9.22. The molecule has 0 radical (unpaired) electrons. The Hall–Kier alpha value is -1.59. The average Bonchev–Trinajstić information content (AvgIpc) is 3.15. The van der Waals surface area contributed by atoms with Crippen LogP contribution in [0.25, 0.3) is 0 Å². The number of benzene rings is 2. The molecule has 2 aromatic rings. The lowest BCUT2D eigenvalue weighted by Crippen LogP contribution is -2.25. The molecule has 0 spiro atoms. The highest BCUT2D eigenvalue weighted by molar-refractivity contribution is 9.10. The highest BCUT2D eigenvalue weighted by atomic mass is 79.9. The fraction of sp³-hybridized carbons (Fsp3) is 0.429. The minimum Gasteiger partial charge on any atom is -0.490 e. The molecule has 3 nitrogen and oxygen atoms in total. The Labute approximate surface area is 163 Å². The molecule has 0 saturated heterocycles. The molecule has 1 fully saturated rings. The first-order chi connectivity index (χ1) is 12.7. The van der Waals surface area contributed by atoms with Crippen LogP contribution in [-0.4, -0.2) is 12.6 Å². The van der Waals surface area contributed by atoms with Crippen LogP contribution in [0.3, 0.4) is 0 Å². The van der Waals surface area contributed by atoms with Crippen LogP contribution in [0.4, 0.5) is 4.39 Å². The summed E-state index contributed by atoms with van der Waals surface area (Å²) >= 11 is 3.63. The van der Waals surface area contributed by atoms with Crippen molar-refractivity contribution in [2.24, 2.45) is 0 Å². The molecule has 0 aromatic heterocycles. The van der Waals surface area contributed by atoms with Gasteiger partial charge in [0.05, 0.1) is 6.61 Å². The summed E-state index contributed by atoms with van der Waals surface area (Å²) in [5.41, 5.74) is 1.66. The lowest BCUT2D eigenvalue weighted by atomic mass is 10.1. The van der Waals surface area contributed by atoms with Gasteiger partial charge >= 0.3 is 0 Å². The van der Waals surface area contributed by atoms with Crippen molar-refractivity contribution in [3.05, 3.63) is 57.8 Å². The third kappa shape index (κ3) is 4.98. The molecule has 1 aliphatic carbocycles. The van der Waals surface area contributed by atoms with Crippen molar-refractivity contribution >= 4 is 15.9 Å². The van der Waals surface area contributed by atoms with Crippen LogP contribution < -0.4 is 14.8 Å². The predicted molar refractivity (Wildman–Crippen MR) is 105 cm³/mol. The van der Waals surface area contributed by atoms with Crippen LogP contribution in [-0.2, 0) is 13.2 Å². The van der Waals surface area contributed by atoms with E-state index in [2.05, 4.69) is 21.2 Å². The summed E-state index contributed by atoms with van der Waals surface area (Å²) < 4.78 is 26.4. The molecule has 5 heteroatoms. The lowest BCUT2D eigenvalue weighted by Gasteiger charge is -2.17. The van der Waals surface area contributed by atoms with Crippen molar-refractivity contribution in [3.8, 4) is 11.5 Å². The number of nitrogens with one attached hydrogen (secondary N) is 1. The van der Waals surface area contributed by atoms with E-state index in [0.29, 0.717) is 29.7 Å². The number of ether oxygens (including phenoxy) is 2. The normalized spacial score (nSPS) is 14.6. The molecule has 0 heterocycles. The van der Waals surface area contributed by atoms with Crippen molar-refractivity contribution in [2.45, 2.75) is 51.8 Å². The van der Waals surface area contributed by atoms with Gasteiger partial charge in [0.25, 0.3) is 0 Å². The van der Waals surface area contributed by atoms with E-state index in [1.807, 2.05) is 19.1 Å². The van der Waals surface area contributed by atoms with Gasteiger partial charge in [-0.3, -0.25) is 0 Å². The van der Waals surface area contributed by atoms with Gasteiger partial charge in [-0.2, -0.15) is 0 Å². The van der Waals surface area contributed by atoms with Crippen LogP contribution in [0.5, 0.6) is 11.5 Å². The van der Waals surface area contributed by atoms with Gasteiger partial charge in [0.2, 0.25) is 0 Å². The predicted octanol–water partition coefficient (Wildman–Crippen LogP) is 5.60. The fourth-order valence-electron chi connectivity index (χ4n) is 3.25. The zero-order valence-corrected chi connectivity index (χ0v) is 16.6. The van der Waals surface area contributed by atoms with Crippen LogP contribution in [0, 0.1) is 5.82 Å². The third-order valence-electron chi connectivity index (χ3n) is 4.69. The number of hydrogen-bond acceptors (Lipinski definition) is 3.